The van der Waals surface area contributed by atoms with Gasteiger partial charge < -0.3 is 10.1 Å². The summed E-state index contributed by atoms with van der Waals surface area (Å²) in [5.41, 5.74) is 0. The lowest BCUT2D eigenvalue weighted by Crippen LogP contribution is -2.51. The molecule has 0 bridgehead atoms. The van der Waals surface area contributed by atoms with Crippen LogP contribution in [0.2, 0.25) is 0 Å². The van der Waals surface area contributed by atoms with Crippen molar-refractivity contribution >= 4 is 0 Å². The van der Waals surface area contributed by atoms with E-state index < -0.39 is 12.1 Å². The Kier molecular flexibility index (Phi) is 4.50. The van der Waals surface area contributed by atoms with Crippen molar-refractivity contribution < 1.29 is 17.9 Å². The molecule has 0 aromatic heterocycles. The van der Waals surface area contributed by atoms with Crippen LogP contribution in [0.25, 0.3) is 0 Å². The van der Waals surface area contributed by atoms with Crippen molar-refractivity contribution in [2.45, 2.75) is 38.1 Å². The van der Waals surface area contributed by atoms with Gasteiger partial charge >= 0.3 is 6.18 Å². The first-order valence-corrected chi connectivity index (χ1v) is 6.63. The Morgan fingerprint density at radius 1 is 1.33 bits per heavy atom. The van der Waals surface area contributed by atoms with E-state index in [0.29, 0.717) is 19.7 Å². The number of rotatable bonds is 3. The van der Waals surface area contributed by atoms with E-state index in [-0.39, 0.29) is 25.2 Å². The topological polar surface area (TPSA) is 24.5 Å². The van der Waals surface area contributed by atoms with E-state index in [1.54, 1.807) is 0 Å². The summed E-state index contributed by atoms with van der Waals surface area (Å²) >= 11 is 0. The summed E-state index contributed by atoms with van der Waals surface area (Å²) in [5.74, 6) is -1.24. The van der Waals surface area contributed by atoms with Gasteiger partial charge in [-0.25, -0.2) is 0 Å². The molecule has 2 fully saturated rings. The number of halogens is 3. The maximum atomic E-state index is 12.8. The molecule has 1 saturated carbocycles. The molecule has 1 saturated heterocycles. The molecule has 0 aromatic carbocycles. The van der Waals surface area contributed by atoms with E-state index >= 15 is 0 Å². The first-order valence-electron chi connectivity index (χ1n) is 6.63. The van der Waals surface area contributed by atoms with Gasteiger partial charge in [-0.1, -0.05) is 0 Å². The number of alkyl halides is 3. The summed E-state index contributed by atoms with van der Waals surface area (Å²) in [6.07, 6.45) is -2.10. The van der Waals surface area contributed by atoms with Crippen molar-refractivity contribution in [2.75, 3.05) is 32.8 Å². The van der Waals surface area contributed by atoms with Gasteiger partial charge in [-0.05, 0) is 19.8 Å². The second-order valence-corrected chi connectivity index (χ2v) is 5.14. The zero-order valence-corrected chi connectivity index (χ0v) is 10.7. The van der Waals surface area contributed by atoms with Gasteiger partial charge in [-0.3, -0.25) is 4.90 Å². The van der Waals surface area contributed by atoms with Crippen molar-refractivity contribution in [3.8, 4) is 0 Å². The molecule has 1 atom stereocenters. The highest BCUT2D eigenvalue weighted by Gasteiger charge is 2.43. The average molecular weight is 266 g/mol. The third-order valence-corrected chi connectivity index (χ3v) is 3.87. The molecule has 0 amide bonds. The average Bonchev–Trinajstić information content (AvgIpc) is 2.47. The maximum absolute atomic E-state index is 12.8. The van der Waals surface area contributed by atoms with E-state index in [9.17, 15) is 13.2 Å². The third-order valence-electron chi connectivity index (χ3n) is 3.87. The number of hydrogen-bond donors (Lipinski definition) is 1. The minimum atomic E-state index is -4.10. The van der Waals surface area contributed by atoms with Crippen molar-refractivity contribution in [1.29, 1.82) is 0 Å². The highest BCUT2D eigenvalue weighted by molar-refractivity contribution is 4.91. The molecule has 106 valence electrons. The van der Waals surface area contributed by atoms with Gasteiger partial charge in [0, 0.05) is 38.8 Å². The molecule has 2 aliphatic rings. The van der Waals surface area contributed by atoms with Crippen molar-refractivity contribution in [2.24, 2.45) is 5.92 Å². The molecule has 3 nitrogen and oxygen atoms in total. The van der Waals surface area contributed by atoms with Crippen LogP contribution < -0.4 is 5.32 Å². The Balaban J connectivity index is 1.85. The van der Waals surface area contributed by atoms with E-state index in [1.807, 2.05) is 11.8 Å². The quantitative estimate of drug-likeness (QED) is 0.840. The molecule has 1 unspecified atom stereocenters. The monoisotopic (exact) mass is 266 g/mol. The smallest absolute Gasteiger partial charge is 0.378 e. The van der Waals surface area contributed by atoms with Crippen LogP contribution in [-0.4, -0.2) is 56.0 Å². The standard InChI is InChI=1S/C12H21F3N2O/c1-2-18-11-5-10(6-11)17-4-3-16-7-9(8-17)12(13,14)15/h9-11,16H,2-8H2,1H3. The summed E-state index contributed by atoms with van der Waals surface area (Å²) in [5, 5.41) is 2.88. The fourth-order valence-electron chi connectivity index (χ4n) is 2.70. The molecule has 1 heterocycles. The molecule has 0 aromatic rings. The molecule has 0 spiro atoms. The van der Waals surface area contributed by atoms with Gasteiger partial charge in [0.05, 0.1) is 12.0 Å². The predicted octanol–water partition coefficient (Wildman–Crippen LogP) is 1.64. The highest BCUT2D eigenvalue weighted by Crippen LogP contribution is 2.32. The second kappa shape index (κ2) is 5.75. The lowest BCUT2D eigenvalue weighted by Gasteiger charge is -2.43. The maximum Gasteiger partial charge on any atom is 0.394 e. The minimum absolute atomic E-state index is 0.0433. The molecule has 0 radical (unpaired) electrons. The molecule has 1 N–H and O–H groups in total. The summed E-state index contributed by atoms with van der Waals surface area (Å²) in [4.78, 5) is 1.98. The zero-order chi connectivity index (χ0) is 13.2. The Bertz CT molecular complexity index is 267. The molecule has 2 rings (SSSR count). The first-order chi connectivity index (χ1) is 8.50. The van der Waals surface area contributed by atoms with Gasteiger partial charge in [0.1, 0.15) is 0 Å². The summed E-state index contributed by atoms with van der Waals surface area (Å²) in [7, 11) is 0. The predicted molar refractivity (Wildman–Crippen MR) is 62.4 cm³/mol. The fourth-order valence-corrected chi connectivity index (χ4v) is 2.70. The molecular formula is C12H21F3N2O. The van der Waals surface area contributed by atoms with Crippen LogP contribution in [0.1, 0.15) is 19.8 Å². The van der Waals surface area contributed by atoms with Gasteiger partial charge in [-0.15, -0.1) is 0 Å². The molecule has 18 heavy (non-hydrogen) atoms. The van der Waals surface area contributed by atoms with Crippen LogP contribution in [-0.2, 0) is 4.74 Å². The Labute approximate surface area is 106 Å². The number of ether oxygens (including phenoxy) is 1. The number of nitrogens with one attached hydrogen (secondary N) is 1. The van der Waals surface area contributed by atoms with Crippen LogP contribution in [0.4, 0.5) is 13.2 Å². The van der Waals surface area contributed by atoms with Gasteiger partial charge in [0.2, 0.25) is 0 Å². The minimum Gasteiger partial charge on any atom is -0.378 e. The van der Waals surface area contributed by atoms with E-state index in [4.69, 9.17) is 4.74 Å². The van der Waals surface area contributed by atoms with Gasteiger partial charge in [0.25, 0.3) is 0 Å². The van der Waals surface area contributed by atoms with E-state index in [0.717, 1.165) is 12.8 Å². The Hall–Kier alpha value is -0.330. The van der Waals surface area contributed by atoms with Crippen LogP contribution in [0.3, 0.4) is 0 Å². The summed E-state index contributed by atoms with van der Waals surface area (Å²) in [6.45, 7) is 4.15. The Morgan fingerprint density at radius 2 is 2.06 bits per heavy atom. The number of hydrogen-bond acceptors (Lipinski definition) is 3. The zero-order valence-electron chi connectivity index (χ0n) is 10.7. The highest BCUT2D eigenvalue weighted by atomic mass is 19.4. The largest absolute Gasteiger partial charge is 0.394 e. The van der Waals surface area contributed by atoms with Crippen LogP contribution in [0.15, 0.2) is 0 Å². The lowest BCUT2D eigenvalue weighted by atomic mass is 9.87. The molecule has 1 aliphatic heterocycles. The van der Waals surface area contributed by atoms with Crippen molar-refractivity contribution in [3.63, 3.8) is 0 Å². The molecule has 1 aliphatic carbocycles. The van der Waals surface area contributed by atoms with Crippen molar-refractivity contribution in [1.82, 2.24) is 10.2 Å². The molecular weight excluding hydrogens is 245 g/mol. The van der Waals surface area contributed by atoms with Gasteiger partial charge in [-0.2, -0.15) is 13.2 Å². The fraction of sp³-hybridized carbons (Fsp3) is 1.00. The normalized spacial score (nSPS) is 35.0. The SMILES string of the molecule is CCOC1CC(N2CCNCC(C(F)(F)F)C2)C1. The summed E-state index contributed by atoms with van der Waals surface area (Å²) < 4.78 is 43.8. The second-order valence-electron chi connectivity index (χ2n) is 5.14. The molecule has 6 heteroatoms. The van der Waals surface area contributed by atoms with Crippen molar-refractivity contribution in [3.05, 3.63) is 0 Å². The first kappa shape index (κ1) is 14.1. The van der Waals surface area contributed by atoms with E-state index in [2.05, 4.69) is 5.32 Å². The van der Waals surface area contributed by atoms with Gasteiger partial charge in [0.15, 0.2) is 0 Å². The third kappa shape index (κ3) is 3.36. The van der Waals surface area contributed by atoms with Crippen LogP contribution >= 0.6 is 0 Å². The number of nitrogens with zero attached hydrogens (tertiary/aromatic N) is 1. The lowest BCUT2D eigenvalue weighted by molar-refractivity contribution is -0.179. The van der Waals surface area contributed by atoms with E-state index in [1.165, 1.54) is 0 Å². The van der Waals surface area contributed by atoms with Crippen LogP contribution in [0, 0.1) is 5.92 Å². The van der Waals surface area contributed by atoms with Crippen LogP contribution in [0.5, 0.6) is 0 Å². The summed E-state index contributed by atoms with van der Waals surface area (Å²) in [6, 6.07) is 0.270. The Morgan fingerprint density at radius 3 is 2.67 bits per heavy atom.